The Morgan fingerprint density at radius 3 is 2.70 bits per heavy atom. The third-order valence-corrected chi connectivity index (χ3v) is 3.59. The zero-order chi connectivity index (χ0) is 19.8. The summed E-state index contributed by atoms with van der Waals surface area (Å²) in [6.45, 7) is -1.40. The summed E-state index contributed by atoms with van der Waals surface area (Å²) in [6, 6.07) is 9.48. The number of halogens is 3. The largest absolute Gasteiger partial charge is 0.493 e. The summed E-state index contributed by atoms with van der Waals surface area (Å²) in [7, 11) is 1.33. The number of rotatable bonds is 8. The standard InChI is InChI=1S/C18H17ClF2N2O4/c1-11-3-5-14(13(19)7-11)23-17(24)10-26-22-9-12-4-6-15(27-18(20)21)16(8-12)25-2/h3-9,18H,10H2,1-2H3,(H,23,24)/b22-9+. The first kappa shape index (κ1) is 20.4. The van der Waals surface area contributed by atoms with Crippen LogP contribution in [-0.2, 0) is 9.63 Å². The van der Waals surface area contributed by atoms with Gasteiger partial charge in [-0.2, -0.15) is 8.78 Å². The molecule has 0 bridgehead atoms. The lowest BCUT2D eigenvalue weighted by Crippen LogP contribution is -2.17. The summed E-state index contributed by atoms with van der Waals surface area (Å²) in [6.07, 6.45) is 1.31. The van der Waals surface area contributed by atoms with Gasteiger partial charge >= 0.3 is 6.61 Å². The molecule has 1 N–H and O–H groups in total. The first-order valence-corrected chi connectivity index (χ1v) is 8.11. The lowest BCUT2D eigenvalue weighted by molar-refractivity contribution is -0.120. The van der Waals surface area contributed by atoms with Gasteiger partial charge in [0, 0.05) is 5.56 Å². The van der Waals surface area contributed by atoms with E-state index >= 15 is 0 Å². The SMILES string of the molecule is COc1cc(/C=N/OCC(=O)Nc2ccc(C)cc2Cl)ccc1OC(F)F. The van der Waals surface area contributed by atoms with Gasteiger partial charge in [-0.15, -0.1) is 0 Å². The molecule has 0 saturated heterocycles. The second-order valence-corrected chi connectivity index (χ2v) is 5.74. The molecule has 0 aliphatic rings. The quantitative estimate of drug-likeness (QED) is 0.533. The third kappa shape index (κ3) is 6.41. The van der Waals surface area contributed by atoms with Crippen LogP contribution in [0.5, 0.6) is 11.5 Å². The Bertz CT molecular complexity index is 831. The minimum atomic E-state index is -2.96. The van der Waals surface area contributed by atoms with Gasteiger partial charge in [0.25, 0.3) is 5.91 Å². The zero-order valence-electron chi connectivity index (χ0n) is 14.5. The number of oxime groups is 1. The Kier molecular flexibility index (Phi) is 7.36. The minimum Gasteiger partial charge on any atom is -0.493 e. The van der Waals surface area contributed by atoms with Crippen molar-refractivity contribution >= 4 is 29.4 Å². The highest BCUT2D eigenvalue weighted by atomic mass is 35.5. The number of anilines is 1. The number of aryl methyl sites for hydroxylation is 1. The smallest absolute Gasteiger partial charge is 0.387 e. The lowest BCUT2D eigenvalue weighted by Gasteiger charge is -2.10. The molecule has 0 radical (unpaired) electrons. The summed E-state index contributed by atoms with van der Waals surface area (Å²) in [5, 5.41) is 6.69. The molecule has 0 spiro atoms. The highest BCUT2D eigenvalue weighted by Crippen LogP contribution is 2.29. The van der Waals surface area contributed by atoms with Crippen LogP contribution in [0.2, 0.25) is 5.02 Å². The predicted molar refractivity (Wildman–Crippen MR) is 98.0 cm³/mol. The van der Waals surface area contributed by atoms with Crippen molar-refractivity contribution in [2.75, 3.05) is 19.0 Å². The summed E-state index contributed by atoms with van der Waals surface area (Å²) in [4.78, 5) is 16.8. The first-order valence-electron chi connectivity index (χ1n) is 7.73. The fraction of sp³-hybridized carbons (Fsp3) is 0.222. The second kappa shape index (κ2) is 9.72. The van der Waals surface area contributed by atoms with Crippen molar-refractivity contribution in [3.8, 4) is 11.5 Å². The van der Waals surface area contributed by atoms with E-state index in [0.29, 0.717) is 16.3 Å². The average molecular weight is 399 g/mol. The molecule has 0 heterocycles. The third-order valence-electron chi connectivity index (χ3n) is 3.27. The zero-order valence-corrected chi connectivity index (χ0v) is 15.3. The molecule has 27 heavy (non-hydrogen) atoms. The number of carbonyl (C=O) groups excluding carboxylic acids is 1. The molecule has 144 valence electrons. The Morgan fingerprint density at radius 2 is 2.04 bits per heavy atom. The molecule has 6 nitrogen and oxygen atoms in total. The van der Waals surface area contributed by atoms with Gasteiger partial charge < -0.3 is 19.6 Å². The van der Waals surface area contributed by atoms with Gasteiger partial charge in [0.05, 0.1) is 24.0 Å². The highest BCUT2D eigenvalue weighted by Gasteiger charge is 2.10. The maximum atomic E-state index is 12.3. The van der Waals surface area contributed by atoms with E-state index in [4.69, 9.17) is 21.2 Å². The Balaban J connectivity index is 1.88. The molecule has 0 aliphatic heterocycles. The van der Waals surface area contributed by atoms with Crippen LogP contribution in [0.25, 0.3) is 0 Å². The predicted octanol–water partition coefficient (Wildman–Crippen LogP) is 4.25. The minimum absolute atomic E-state index is 0.0973. The van der Waals surface area contributed by atoms with E-state index in [9.17, 15) is 13.6 Å². The number of nitrogens with zero attached hydrogens (tertiary/aromatic N) is 1. The first-order chi connectivity index (χ1) is 12.9. The van der Waals surface area contributed by atoms with E-state index in [1.807, 2.05) is 13.0 Å². The van der Waals surface area contributed by atoms with Gasteiger partial charge in [0.15, 0.2) is 18.1 Å². The number of benzene rings is 2. The molecule has 0 atom stereocenters. The van der Waals surface area contributed by atoms with Crippen molar-refractivity contribution < 1.29 is 27.9 Å². The van der Waals surface area contributed by atoms with Crippen molar-refractivity contribution in [1.82, 2.24) is 0 Å². The maximum Gasteiger partial charge on any atom is 0.387 e. The van der Waals surface area contributed by atoms with E-state index < -0.39 is 12.5 Å². The van der Waals surface area contributed by atoms with Gasteiger partial charge in [-0.25, -0.2) is 0 Å². The van der Waals surface area contributed by atoms with E-state index in [2.05, 4.69) is 15.2 Å². The Hall–Kier alpha value is -2.87. The van der Waals surface area contributed by atoms with Crippen LogP contribution < -0.4 is 14.8 Å². The van der Waals surface area contributed by atoms with E-state index in [0.717, 1.165) is 5.56 Å². The molecule has 0 aromatic heterocycles. The number of hydrogen-bond donors (Lipinski definition) is 1. The number of methoxy groups -OCH3 is 1. The molecule has 1 amide bonds. The second-order valence-electron chi connectivity index (χ2n) is 5.33. The normalized spacial score (nSPS) is 10.9. The number of carbonyl (C=O) groups is 1. The Labute approximate surface area is 159 Å². The van der Waals surface area contributed by atoms with Crippen LogP contribution in [-0.4, -0.2) is 32.4 Å². The van der Waals surface area contributed by atoms with Crippen LogP contribution in [0.3, 0.4) is 0 Å². The van der Waals surface area contributed by atoms with Gasteiger partial charge in [-0.1, -0.05) is 22.8 Å². The van der Waals surface area contributed by atoms with Crippen LogP contribution in [0.1, 0.15) is 11.1 Å². The van der Waals surface area contributed by atoms with Crippen LogP contribution >= 0.6 is 11.6 Å². The molecule has 0 aliphatic carbocycles. The van der Waals surface area contributed by atoms with Gasteiger partial charge in [0.1, 0.15) is 0 Å². The molecule has 2 rings (SSSR count). The Morgan fingerprint density at radius 1 is 1.26 bits per heavy atom. The van der Waals surface area contributed by atoms with Crippen LogP contribution in [0.15, 0.2) is 41.6 Å². The lowest BCUT2D eigenvalue weighted by atomic mass is 10.2. The molecule has 0 fully saturated rings. The number of hydrogen-bond acceptors (Lipinski definition) is 5. The topological polar surface area (TPSA) is 69.2 Å². The van der Waals surface area contributed by atoms with Gasteiger partial charge in [-0.3, -0.25) is 4.79 Å². The summed E-state index contributed by atoms with van der Waals surface area (Å²) < 4.78 is 33.9. The summed E-state index contributed by atoms with van der Waals surface area (Å²) in [5.41, 5.74) is 1.95. The molecular formula is C18H17ClF2N2O4. The summed E-state index contributed by atoms with van der Waals surface area (Å²) >= 11 is 6.03. The fourth-order valence-corrected chi connectivity index (χ4v) is 2.34. The van der Waals surface area contributed by atoms with Crippen molar-refractivity contribution in [2.45, 2.75) is 13.5 Å². The molecule has 2 aromatic rings. The van der Waals surface area contributed by atoms with E-state index in [1.165, 1.54) is 31.5 Å². The van der Waals surface area contributed by atoms with Gasteiger partial charge in [0.2, 0.25) is 0 Å². The van der Waals surface area contributed by atoms with Crippen molar-refractivity contribution in [3.05, 3.63) is 52.5 Å². The van der Waals surface area contributed by atoms with Crippen molar-refractivity contribution in [1.29, 1.82) is 0 Å². The molecule has 0 saturated carbocycles. The molecule has 2 aromatic carbocycles. The average Bonchev–Trinajstić information content (AvgIpc) is 2.61. The van der Waals surface area contributed by atoms with Crippen LogP contribution in [0, 0.1) is 6.92 Å². The van der Waals surface area contributed by atoms with Gasteiger partial charge in [-0.05, 0) is 42.8 Å². The molecular weight excluding hydrogens is 382 g/mol. The maximum absolute atomic E-state index is 12.3. The van der Waals surface area contributed by atoms with Crippen LogP contribution in [0.4, 0.5) is 14.5 Å². The fourth-order valence-electron chi connectivity index (χ4n) is 2.06. The van der Waals surface area contributed by atoms with E-state index in [1.54, 1.807) is 12.1 Å². The number of amides is 1. The summed E-state index contributed by atoms with van der Waals surface area (Å²) in [5.74, 6) is -0.415. The monoisotopic (exact) mass is 398 g/mol. The number of alkyl halides is 2. The highest BCUT2D eigenvalue weighted by molar-refractivity contribution is 6.33. The number of nitrogens with one attached hydrogen (secondary N) is 1. The van der Waals surface area contributed by atoms with E-state index in [-0.39, 0.29) is 18.1 Å². The molecule has 0 unspecified atom stereocenters. The molecule has 9 heteroatoms. The van der Waals surface area contributed by atoms with Crippen molar-refractivity contribution in [2.24, 2.45) is 5.16 Å². The number of ether oxygens (including phenoxy) is 2. The van der Waals surface area contributed by atoms with Crippen molar-refractivity contribution in [3.63, 3.8) is 0 Å².